The number of rotatable bonds is 5. The van der Waals surface area contributed by atoms with Gasteiger partial charge in [-0.2, -0.15) is 5.10 Å². The molecule has 2 rings (SSSR count). The second-order valence-corrected chi connectivity index (χ2v) is 4.34. The number of hydrogen-bond donors (Lipinski definition) is 4. The Morgan fingerprint density at radius 1 is 1.37 bits per heavy atom. The van der Waals surface area contributed by atoms with Gasteiger partial charge in [0.05, 0.1) is 13.1 Å². The SMILES string of the molecule is O=C(NCc1ncn[nH]1)NCc1nc(C(=O)O)cs1. The van der Waals surface area contributed by atoms with E-state index in [4.69, 9.17) is 5.11 Å². The highest BCUT2D eigenvalue weighted by molar-refractivity contribution is 7.09. The van der Waals surface area contributed by atoms with Crippen molar-refractivity contribution in [1.82, 2.24) is 30.8 Å². The smallest absolute Gasteiger partial charge is 0.355 e. The van der Waals surface area contributed by atoms with Crippen molar-refractivity contribution in [2.45, 2.75) is 13.1 Å². The van der Waals surface area contributed by atoms with Crippen molar-refractivity contribution in [3.63, 3.8) is 0 Å². The molecule has 2 aromatic heterocycles. The first kappa shape index (κ1) is 13.0. The van der Waals surface area contributed by atoms with Crippen LogP contribution in [-0.4, -0.2) is 37.3 Å². The van der Waals surface area contributed by atoms with Gasteiger partial charge in [0.25, 0.3) is 0 Å². The van der Waals surface area contributed by atoms with Gasteiger partial charge >= 0.3 is 12.0 Å². The van der Waals surface area contributed by atoms with Crippen molar-refractivity contribution in [2.75, 3.05) is 0 Å². The summed E-state index contributed by atoms with van der Waals surface area (Å²) in [6.45, 7) is 0.393. The molecule has 2 amide bonds. The summed E-state index contributed by atoms with van der Waals surface area (Å²) in [4.78, 5) is 29.7. The van der Waals surface area contributed by atoms with Crippen LogP contribution in [0.25, 0.3) is 0 Å². The number of H-pyrrole nitrogens is 1. The number of carbonyl (C=O) groups excluding carboxylic acids is 1. The van der Waals surface area contributed by atoms with Crippen LogP contribution in [0.15, 0.2) is 11.7 Å². The number of carbonyl (C=O) groups is 2. The number of aromatic nitrogens is 4. The minimum Gasteiger partial charge on any atom is -0.476 e. The lowest BCUT2D eigenvalue weighted by molar-refractivity contribution is 0.0691. The van der Waals surface area contributed by atoms with Crippen LogP contribution in [0.5, 0.6) is 0 Å². The molecule has 2 heterocycles. The minimum atomic E-state index is -1.09. The fourth-order valence-electron chi connectivity index (χ4n) is 1.19. The molecule has 0 atom stereocenters. The molecule has 0 aliphatic rings. The van der Waals surface area contributed by atoms with E-state index in [0.717, 1.165) is 0 Å². The summed E-state index contributed by atoms with van der Waals surface area (Å²) in [5, 5.41) is 22.0. The van der Waals surface area contributed by atoms with Gasteiger partial charge in [-0.1, -0.05) is 0 Å². The van der Waals surface area contributed by atoms with Gasteiger partial charge < -0.3 is 15.7 Å². The molecule has 2 aromatic rings. The van der Waals surface area contributed by atoms with E-state index in [9.17, 15) is 9.59 Å². The van der Waals surface area contributed by atoms with Crippen molar-refractivity contribution in [2.24, 2.45) is 0 Å². The standard InChI is InChI=1S/C9H10N6O3S/c16-8(17)5-3-19-7(14-5)2-11-9(18)10-1-6-12-4-13-15-6/h3-4H,1-2H2,(H,16,17)(H2,10,11,18)(H,12,13,15). The topological polar surface area (TPSA) is 133 Å². The van der Waals surface area contributed by atoms with Crippen LogP contribution in [0.4, 0.5) is 4.79 Å². The Balaban J connectivity index is 1.75. The Morgan fingerprint density at radius 2 is 2.16 bits per heavy atom. The first-order valence-corrected chi connectivity index (χ1v) is 6.07. The van der Waals surface area contributed by atoms with Crippen LogP contribution in [0.2, 0.25) is 0 Å². The Bertz CT molecular complexity index is 566. The lowest BCUT2D eigenvalue weighted by Crippen LogP contribution is -2.34. The molecule has 19 heavy (non-hydrogen) atoms. The monoisotopic (exact) mass is 282 g/mol. The third-order valence-electron chi connectivity index (χ3n) is 2.05. The van der Waals surface area contributed by atoms with Gasteiger partial charge in [0, 0.05) is 5.38 Å². The van der Waals surface area contributed by atoms with Gasteiger partial charge in [0.15, 0.2) is 5.69 Å². The summed E-state index contributed by atoms with van der Waals surface area (Å²) >= 11 is 1.17. The van der Waals surface area contributed by atoms with Crippen molar-refractivity contribution in [1.29, 1.82) is 0 Å². The Kier molecular flexibility index (Phi) is 4.03. The van der Waals surface area contributed by atoms with Crippen LogP contribution in [0.1, 0.15) is 21.3 Å². The average molecular weight is 282 g/mol. The number of amides is 2. The molecule has 0 aromatic carbocycles. The van der Waals surface area contributed by atoms with Gasteiger partial charge in [0.2, 0.25) is 0 Å². The van der Waals surface area contributed by atoms with E-state index < -0.39 is 12.0 Å². The first-order valence-electron chi connectivity index (χ1n) is 5.19. The Morgan fingerprint density at radius 3 is 2.79 bits per heavy atom. The van der Waals surface area contributed by atoms with Crippen LogP contribution in [0.3, 0.4) is 0 Å². The number of carboxylic acids is 1. The summed E-state index contributed by atoms with van der Waals surface area (Å²) in [5.41, 5.74) is -0.0242. The summed E-state index contributed by atoms with van der Waals surface area (Å²) in [6.07, 6.45) is 1.35. The highest BCUT2D eigenvalue weighted by atomic mass is 32.1. The van der Waals surface area contributed by atoms with E-state index in [1.807, 2.05) is 0 Å². The highest BCUT2D eigenvalue weighted by Gasteiger charge is 2.09. The van der Waals surface area contributed by atoms with E-state index in [-0.39, 0.29) is 18.8 Å². The molecule has 9 nitrogen and oxygen atoms in total. The maximum absolute atomic E-state index is 11.4. The lowest BCUT2D eigenvalue weighted by atomic mass is 10.5. The maximum Gasteiger partial charge on any atom is 0.355 e. The van der Waals surface area contributed by atoms with Gasteiger partial charge in [0.1, 0.15) is 17.2 Å². The Labute approximate surface area is 111 Å². The third-order valence-corrected chi connectivity index (χ3v) is 2.90. The van der Waals surface area contributed by atoms with Crippen LogP contribution in [0, 0.1) is 0 Å². The van der Waals surface area contributed by atoms with E-state index in [0.29, 0.717) is 10.8 Å². The van der Waals surface area contributed by atoms with E-state index in [1.54, 1.807) is 0 Å². The molecule has 0 aliphatic carbocycles. The zero-order valence-electron chi connectivity index (χ0n) is 9.58. The van der Waals surface area contributed by atoms with Crippen LogP contribution in [-0.2, 0) is 13.1 Å². The second kappa shape index (κ2) is 5.91. The lowest BCUT2D eigenvalue weighted by Gasteiger charge is -2.04. The number of nitrogens with one attached hydrogen (secondary N) is 3. The summed E-state index contributed by atoms with van der Waals surface area (Å²) in [7, 11) is 0. The third kappa shape index (κ3) is 3.74. The fraction of sp³-hybridized carbons (Fsp3) is 0.222. The average Bonchev–Trinajstić information content (AvgIpc) is 3.05. The highest BCUT2D eigenvalue weighted by Crippen LogP contribution is 2.09. The van der Waals surface area contributed by atoms with Crippen LogP contribution < -0.4 is 10.6 Å². The van der Waals surface area contributed by atoms with Crippen molar-refractivity contribution in [3.05, 3.63) is 28.2 Å². The fourth-order valence-corrected chi connectivity index (χ4v) is 1.90. The van der Waals surface area contributed by atoms with Crippen molar-refractivity contribution >= 4 is 23.3 Å². The first-order chi connectivity index (χ1) is 9.15. The van der Waals surface area contributed by atoms with Crippen molar-refractivity contribution < 1.29 is 14.7 Å². The molecule has 0 saturated carbocycles. The van der Waals surface area contributed by atoms with E-state index in [2.05, 4.69) is 30.8 Å². The largest absolute Gasteiger partial charge is 0.476 e. The van der Waals surface area contributed by atoms with Gasteiger partial charge in [-0.15, -0.1) is 11.3 Å². The number of urea groups is 1. The zero-order chi connectivity index (χ0) is 13.7. The van der Waals surface area contributed by atoms with Gasteiger partial charge in [-0.05, 0) is 0 Å². The number of hydrogen-bond acceptors (Lipinski definition) is 6. The summed E-state index contributed by atoms with van der Waals surface area (Å²) in [5.74, 6) is -0.546. The van der Waals surface area contributed by atoms with Gasteiger partial charge in [-0.25, -0.2) is 19.6 Å². The minimum absolute atomic E-state index is 0.0242. The van der Waals surface area contributed by atoms with Crippen molar-refractivity contribution in [3.8, 4) is 0 Å². The predicted octanol–water partition coefficient (Wildman–Crippen LogP) is -0.0412. The molecule has 0 radical (unpaired) electrons. The summed E-state index contributed by atoms with van der Waals surface area (Å²) in [6, 6.07) is -0.400. The summed E-state index contributed by atoms with van der Waals surface area (Å²) < 4.78 is 0. The van der Waals surface area contributed by atoms with Gasteiger partial charge in [-0.3, -0.25) is 5.10 Å². The predicted molar refractivity (Wildman–Crippen MR) is 64.5 cm³/mol. The quantitative estimate of drug-likeness (QED) is 0.608. The maximum atomic E-state index is 11.4. The molecule has 100 valence electrons. The number of carboxylic acid groups (broad SMARTS) is 1. The number of thiazole rings is 1. The molecule has 0 fully saturated rings. The van der Waals surface area contributed by atoms with E-state index in [1.165, 1.54) is 23.0 Å². The molecule has 0 spiro atoms. The number of aromatic amines is 1. The molecular formula is C9H10N6O3S. The normalized spacial score (nSPS) is 10.1. The second-order valence-electron chi connectivity index (χ2n) is 3.40. The molecule has 0 unspecified atom stereocenters. The number of aromatic carboxylic acids is 1. The molecule has 0 bridgehead atoms. The molecule has 10 heteroatoms. The Hall–Kier alpha value is -2.49. The molecule has 0 saturated heterocycles. The molecule has 4 N–H and O–H groups in total. The molecule has 0 aliphatic heterocycles. The van der Waals surface area contributed by atoms with E-state index >= 15 is 0 Å². The zero-order valence-corrected chi connectivity index (χ0v) is 10.4. The molecular weight excluding hydrogens is 272 g/mol. The van der Waals surface area contributed by atoms with Crippen LogP contribution >= 0.6 is 11.3 Å². The number of nitrogens with zero attached hydrogens (tertiary/aromatic N) is 3.